The van der Waals surface area contributed by atoms with Crippen molar-refractivity contribution in [3.8, 4) is 22.1 Å². The molecule has 0 saturated heterocycles. The van der Waals surface area contributed by atoms with Crippen molar-refractivity contribution in [2.75, 3.05) is 13.3 Å². The number of carbonyl (C=O) groups is 2. The van der Waals surface area contributed by atoms with Gasteiger partial charge in [-0.15, -0.1) is 11.3 Å². The molecule has 138 valence electrons. The highest BCUT2D eigenvalue weighted by molar-refractivity contribution is 7.13. The summed E-state index contributed by atoms with van der Waals surface area (Å²) in [6.45, 7) is 0.788. The van der Waals surface area contributed by atoms with Gasteiger partial charge >= 0.3 is 5.97 Å². The van der Waals surface area contributed by atoms with Gasteiger partial charge in [-0.3, -0.25) is 9.59 Å². The second kappa shape index (κ2) is 8.66. The fourth-order valence-corrected chi connectivity index (χ4v) is 3.40. The minimum atomic E-state index is -0.782. The number of rotatable bonds is 9. The highest BCUT2D eigenvalue weighted by Crippen LogP contribution is 2.36. The lowest BCUT2D eigenvalue weighted by atomic mass is 10.2. The van der Waals surface area contributed by atoms with Gasteiger partial charge in [-0.1, -0.05) is 6.42 Å². The molecule has 8 heteroatoms. The van der Waals surface area contributed by atoms with Crippen LogP contribution in [0.3, 0.4) is 0 Å². The number of aliphatic carboxylic acids is 1. The van der Waals surface area contributed by atoms with Crippen molar-refractivity contribution in [3.63, 3.8) is 0 Å². The first kappa shape index (κ1) is 18.2. The summed E-state index contributed by atoms with van der Waals surface area (Å²) >= 11 is 1.48. The second-order valence-electron chi connectivity index (χ2n) is 5.94. The van der Waals surface area contributed by atoms with Crippen LogP contribution in [-0.2, 0) is 16.0 Å². The molecule has 0 spiro atoms. The van der Waals surface area contributed by atoms with Gasteiger partial charge in [-0.25, -0.2) is 4.98 Å². The standard InChI is InChI=1S/C18H20N2O5S/c21-16(19-7-3-1-2-4-17(22)23)9-13-10-26-18(20-13)12-5-6-14-15(8-12)25-11-24-14/h5-6,8,10H,1-4,7,9,11H2,(H,19,21)(H,22,23). The molecule has 0 unspecified atom stereocenters. The normalized spacial score (nSPS) is 12.2. The monoisotopic (exact) mass is 376 g/mol. The average Bonchev–Trinajstić information content (AvgIpc) is 3.26. The molecule has 0 atom stereocenters. The molecule has 1 aromatic heterocycles. The first-order chi connectivity index (χ1) is 12.6. The predicted octanol–water partition coefficient (Wildman–Crippen LogP) is 2.84. The van der Waals surface area contributed by atoms with Gasteiger partial charge in [0.15, 0.2) is 11.5 Å². The third-order valence-electron chi connectivity index (χ3n) is 3.90. The summed E-state index contributed by atoms with van der Waals surface area (Å²) in [5.74, 6) is 0.578. The summed E-state index contributed by atoms with van der Waals surface area (Å²) in [4.78, 5) is 26.9. The Balaban J connectivity index is 1.45. The molecule has 2 N–H and O–H groups in total. The number of fused-ring (bicyclic) bond motifs is 1. The molecular formula is C18H20N2O5S. The van der Waals surface area contributed by atoms with E-state index in [1.54, 1.807) is 0 Å². The molecule has 1 aliphatic heterocycles. The number of unbranched alkanes of at least 4 members (excludes halogenated alkanes) is 2. The minimum Gasteiger partial charge on any atom is -0.481 e. The Hall–Kier alpha value is -2.61. The van der Waals surface area contributed by atoms with Crippen LogP contribution in [0.4, 0.5) is 0 Å². The Labute approximate surface area is 155 Å². The molecule has 0 saturated carbocycles. The third kappa shape index (κ3) is 4.95. The summed E-state index contributed by atoms with van der Waals surface area (Å²) in [7, 11) is 0. The van der Waals surface area contributed by atoms with E-state index >= 15 is 0 Å². The van der Waals surface area contributed by atoms with Crippen molar-refractivity contribution in [1.29, 1.82) is 0 Å². The number of thiazole rings is 1. The van der Waals surface area contributed by atoms with E-state index in [1.807, 2.05) is 23.6 Å². The molecule has 2 aromatic rings. The Morgan fingerprint density at radius 2 is 2.04 bits per heavy atom. The number of benzene rings is 1. The number of hydrogen-bond donors (Lipinski definition) is 2. The van der Waals surface area contributed by atoms with E-state index in [4.69, 9.17) is 14.6 Å². The number of carboxylic acids is 1. The summed E-state index contributed by atoms with van der Waals surface area (Å²) in [5.41, 5.74) is 1.66. The van der Waals surface area contributed by atoms with Crippen LogP contribution < -0.4 is 14.8 Å². The quantitative estimate of drug-likeness (QED) is 0.653. The molecule has 1 aliphatic rings. The van der Waals surface area contributed by atoms with E-state index < -0.39 is 5.97 Å². The van der Waals surface area contributed by atoms with Gasteiger partial charge in [0.1, 0.15) is 5.01 Å². The van der Waals surface area contributed by atoms with Crippen LogP contribution >= 0.6 is 11.3 Å². The fraction of sp³-hybridized carbons (Fsp3) is 0.389. The number of aromatic nitrogens is 1. The van der Waals surface area contributed by atoms with Gasteiger partial charge in [-0.05, 0) is 31.0 Å². The minimum absolute atomic E-state index is 0.0780. The lowest BCUT2D eigenvalue weighted by molar-refractivity contribution is -0.137. The number of carboxylic acid groups (broad SMARTS) is 1. The maximum atomic E-state index is 12.0. The van der Waals surface area contributed by atoms with Crippen LogP contribution in [0.2, 0.25) is 0 Å². The lowest BCUT2D eigenvalue weighted by Gasteiger charge is -2.03. The Bertz CT molecular complexity index is 790. The van der Waals surface area contributed by atoms with Crippen molar-refractivity contribution in [2.45, 2.75) is 32.1 Å². The molecule has 3 rings (SSSR count). The zero-order valence-electron chi connectivity index (χ0n) is 14.2. The predicted molar refractivity (Wildman–Crippen MR) is 96.5 cm³/mol. The van der Waals surface area contributed by atoms with Crippen LogP contribution in [0.1, 0.15) is 31.4 Å². The first-order valence-corrected chi connectivity index (χ1v) is 9.33. The number of carbonyl (C=O) groups excluding carboxylic acids is 1. The molecule has 2 heterocycles. The smallest absolute Gasteiger partial charge is 0.303 e. The molecule has 0 bridgehead atoms. The number of ether oxygens (including phenoxy) is 2. The van der Waals surface area contributed by atoms with Crippen molar-refractivity contribution in [2.24, 2.45) is 0 Å². The van der Waals surface area contributed by atoms with E-state index in [9.17, 15) is 9.59 Å². The molecule has 1 amide bonds. The van der Waals surface area contributed by atoms with Crippen LogP contribution in [0.5, 0.6) is 11.5 Å². The second-order valence-corrected chi connectivity index (χ2v) is 6.80. The van der Waals surface area contributed by atoms with Crippen LogP contribution in [0.15, 0.2) is 23.6 Å². The van der Waals surface area contributed by atoms with Crippen molar-refractivity contribution < 1.29 is 24.2 Å². The van der Waals surface area contributed by atoms with Gasteiger partial charge in [0, 0.05) is 23.9 Å². The fourth-order valence-electron chi connectivity index (χ4n) is 2.58. The number of amides is 1. The van der Waals surface area contributed by atoms with Crippen LogP contribution in [-0.4, -0.2) is 35.3 Å². The highest BCUT2D eigenvalue weighted by Gasteiger charge is 2.15. The Morgan fingerprint density at radius 3 is 2.88 bits per heavy atom. The topological polar surface area (TPSA) is 97.8 Å². The van der Waals surface area contributed by atoms with E-state index in [-0.39, 0.29) is 25.5 Å². The molecule has 1 aromatic carbocycles. The number of nitrogens with one attached hydrogen (secondary N) is 1. The molecule has 0 fully saturated rings. The zero-order valence-corrected chi connectivity index (χ0v) is 15.0. The van der Waals surface area contributed by atoms with Gasteiger partial charge in [0.2, 0.25) is 12.7 Å². The van der Waals surface area contributed by atoms with Crippen molar-refractivity contribution in [1.82, 2.24) is 10.3 Å². The Kier molecular flexibility index (Phi) is 6.06. The van der Waals surface area contributed by atoms with E-state index in [2.05, 4.69) is 10.3 Å². The zero-order chi connectivity index (χ0) is 18.4. The molecule has 0 radical (unpaired) electrons. The van der Waals surface area contributed by atoms with Crippen LogP contribution in [0.25, 0.3) is 10.6 Å². The maximum Gasteiger partial charge on any atom is 0.303 e. The number of hydrogen-bond acceptors (Lipinski definition) is 6. The van der Waals surface area contributed by atoms with Crippen molar-refractivity contribution in [3.05, 3.63) is 29.3 Å². The molecule has 26 heavy (non-hydrogen) atoms. The SMILES string of the molecule is O=C(O)CCCCCNC(=O)Cc1csc(-c2ccc3c(c2)OCO3)n1. The summed E-state index contributed by atoms with van der Waals surface area (Å²) in [6.07, 6.45) is 2.61. The molecular weight excluding hydrogens is 356 g/mol. The van der Waals surface area contributed by atoms with E-state index in [0.29, 0.717) is 18.7 Å². The van der Waals surface area contributed by atoms with Crippen LogP contribution in [0, 0.1) is 0 Å². The summed E-state index contributed by atoms with van der Waals surface area (Å²) in [5, 5.41) is 14.1. The van der Waals surface area contributed by atoms with Gasteiger partial charge in [0.25, 0.3) is 0 Å². The van der Waals surface area contributed by atoms with Gasteiger partial charge < -0.3 is 19.9 Å². The molecule has 7 nitrogen and oxygen atoms in total. The summed E-state index contributed by atoms with van der Waals surface area (Å²) in [6, 6.07) is 5.67. The number of nitrogens with zero attached hydrogens (tertiary/aromatic N) is 1. The van der Waals surface area contributed by atoms with Gasteiger partial charge in [-0.2, -0.15) is 0 Å². The van der Waals surface area contributed by atoms with Gasteiger partial charge in [0.05, 0.1) is 12.1 Å². The maximum absolute atomic E-state index is 12.0. The van der Waals surface area contributed by atoms with E-state index in [1.165, 1.54) is 11.3 Å². The Morgan fingerprint density at radius 1 is 1.19 bits per heavy atom. The molecule has 0 aliphatic carbocycles. The highest BCUT2D eigenvalue weighted by atomic mass is 32.1. The summed E-state index contributed by atoms with van der Waals surface area (Å²) < 4.78 is 10.7. The van der Waals surface area contributed by atoms with E-state index in [0.717, 1.165) is 34.9 Å². The third-order valence-corrected chi connectivity index (χ3v) is 4.84. The lowest BCUT2D eigenvalue weighted by Crippen LogP contribution is -2.26. The first-order valence-electron chi connectivity index (χ1n) is 8.45. The average molecular weight is 376 g/mol. The largest absolute Gasteiger partial charge is 0.481 e. The van der Waals surface area contributed by atoms with Crippen molar-refractivity contribution >= 4 is 23.2 Å².